The minimum atomic E-state index is -1.18. The maximum Gasteiger partial charge on any atom is 0.344 e. The minimum Gasteiger partial charge on any atom is -0.507 e. The number of carbonyl (C=O) groups excluding carboxylic acids is 8. The van der Waals surface area contributed by atoms with Gasteiger partial charge in [-0.05, 0) is 198 Å². The van der Waals surface area contributed by atoms with Gasteiger partial charge in [-0.15, -0.1) is 0 Å². The Bertz CT molecular complexity index is 4260. The highest BCUT2D eigenvalue weighted by Gasteiger charge is 2.38. The van der Waals surface area contributed by atoms with Crippen LogP contribution in [-0.4, -0.2) is 147 Å². The molecule has 0 spiro atoms. The maximum atomic E-state index is 14.0. The number of rotatable bonds is 24. The molecule has 0 saturated heterocycles. The maximum absolute atomic E-state index is 14.0. The normalized spacial score (nSPS) is 17.9. The third-order valence-electron chi connectivity index (χ3n) is 22.6. The summed E-state index contributed by atoms with van der Waals surface area (Å²) in [5.41, 5.74) is 3.60. The van der Waals surface area contributed by atoms with Crippen molar-refractivity contribution in [2.75, 3.05) is 54.9 Å². The summed E-state index contributed by atoms with van der Waals surface area (Å²) in [5, 5.41) is 52.0. The zero-order valence-corrected chi connectivity index (χ0v) is 65.4. The first kappa shape index (κ1) is 81.9. The van der Waals surface area contributed by atoms with Crippen LogP contribution in [-0.2, 0) is 57.1 Å². The number of fused-ring (bicyclic) bond motifs is 8. The van der Waals surface area contributed by atoms with Crippen LogP contribution in [0.15, 0.2) is 146 Å². The van der Waals surface area contributed by atoms with Crippen LogP contribution in [0.3, 0.4) is 0 Å². The second kappa shape index (κ2) is 37.9. The van der Waals surface area contributed by atoms with Gasteiger partial charge in [-0.3, -0.25) is 0 Å². The van der Waals surface area contributed by atoms with E-state index in [1.54, 1.807) is 72.8 Å². The first-order chi connectivity index (χ1) is 56.3. The van der Waals surface area contributed by atoms with Crippen molar-refractivity contribution in [2.24, 2.45) is 0 Å². The van der Waals surface area contributed by atoms with Gasteiger partial charge in [0.15, 0.2) is 26.4 Å². The lowest BCUT2D eigenvalue weighted by Gasteiger charge is -2.31. The van der Waals surface area contributed by atoms with E-state index in [0.717, 1.165) is 77.0 Å². The van der Waals surface area contributed by atoms with Crippen LogP contribution in [0, 0.1) is 0 Å². The average molecular weight is 1590 g/mol. The molecule has 4 saturated carbocycles. The van der Waals surface area contributed by atoms with Crippen molar-refractivity contribution >= 4 is 47.8 Å². The number of phenolic OH excluding ortho intramolecular Hbond substituents is 4. The number of aromatic hydroxyl groups is 4. The van der Waals surface area contributed by atoms with Crippen molar-refractivity contribution in [3.05, 3.63) is 235 Å². The molecular formula is C92H96O24. The molecular weight excluding hydrogens is 1490 g/mol. The van der Waals surface area contributed by atoms with E-state index in [0.29, 0.717) is 73.6 Å². The molecule has 0 aliphatic heterocycles. The number of carbonyl (C=O) groups is 8. The molecule has 0 amide bonds. The summed E-state index contributed by atoms with van der Waals surface area (Å²) < 4.78 is 69.8. The van der Waals surface area contributed by atoms with Gasteiger partial charge in [-0.1, -0.05) is 74.2 Å². The molecule has 8 aromatic rings. The number of benzene rings is 8. The third kappa shape index (κ3) is 19.3. The van der Waals surface area contributed by atoms with Gasteiger partial charge in [0.25, 0.3) is 0 Å². The van der Waals surface area contributed by atoms with E-state index in [4.69, 9.17) is 56.8 Å². The predicted molar refractivity (Wildman–Crippen MR) is 421 cm³/mol. The molecule has 4 unspecified atom stereocenters. The average Bonchev–Trinajstić information content (AvgIpc) is 0.736. The van der Waals surface area contributed by atoms with Crippen molar-refractivity contribution in [1.82, 2.24) is 0 Å². The van der Waals surface area contributed by atoms with Crippen molar-refractivity contribution in [1.29, 1.82) is 0 Å². The highest BCUT2D eigenvalue weighted by molar-refractivity contribution is 5.93. The predicted octanol–water partition coefficient (Wildman–Crippen LogP) is 15.7. The van der Waals surface area contributed by atoms with E-state index < -0.39 is 97.9 Å². The molecule has 4 N–H and O–H groups in total. The summed E-state index contributed by atoms with van der Waals surface area (Å²) in [4.78, 5) is 108. The van der Waals surface area contributed by atoms with E-state index in [2.05, 4.69) is 0 Å². The van der Waals surface area contributed by atoms with Gasteiger partial charge in [0.2, 0.25) is 0 Å². The molecule has 5 aliphatic rings. The fraction of sp³-hybridized carbons (Fsp3) is 0.391. The quantitative estimate of drug-likeness (QED) is 0.0322. The summed E-state index contributed by atoms with van der Waals surface area (Å²) in [6.07, 6.45) is 16.0. The van der Waals surface area contributed by atoms with Crippen LogP contribution in [0.5, 0.6) is 46.0 Å². The molecule has 8 aromatic carbocycles. The molecule has 0 radical (unpaired) electrons. The number of ether oxygens (including phenoxy) is 12. The molecule has 24 heteroatoms. The summed E-state index contributed by atoms with van der Waals surface area (Å²) in [5.74, 6) is -11.9. The van der Waals surface area contributed by atoms with Crippen LogP contribution >= 0.6 is 0 Å². The third-order valence-corrected chi connectivity index (χ3v) is 22.6. The minimum absolute atomic E-state index is 0.0465. The standard InChI is InChI=1S/C92H96O24/c1-105-77-45-73(93)65-41-69(77)85(53-25-33-57(34-26-53)89(101)109-49-81(97)113-61-17-9-5-10-18-61)66-42-70(78(106-2)46-74(66)94)87(55-29-37-59(38-30-55)91(103)111-51-83(99)115-63-21-13-7-14-22-63)68-44-72(80(108-4)48-76(68)96)88(56-31-39-60(40-32-56)92(104)112-52-84(100)116-64-23-15-8-16-24-64)67-43-71(79(107-3)47-75(67)95)86(65)54-27-35-58(36-28-54)90(102)110-50-82(98)114-62-19-11-6-12-20-62/h25-48,61-64,85-88,93-96H,5-24,49-52H2,1-4H3. The van der Waals surface area contributed by atoms with Gasteiger partial charge in [0.1, 0.15) is 70.4 Å². The fourth-order valence-corrected chi connectivity index (χ4v) is 16.7. The van der Waals surface area contributed by atoms with Gasteiger partial charge in [-0.2, -0.15) is 0 Å². The summed E-state index contributed by atoms with van der Waals surface area (Å²) in [7, 11) is 5.58. The van der Waals surface area contributed by atoms with E-state index in [1.807, 2.05) is 0 Å². The first-order valence-corrected chi connectivity index (χ1v) is 39.8. The summed E-state index contributed by atoms with van der Waals surface area (Å²) >= 11 is 0. The van der Waals surface area contributed by atoms with Crippen molar-refractivity contribution in [2.45, 2.75) is 177 Å². The Hall–Kier alpha value is -12.1. The lowest BCUT2D eigenvalue weighted by molar-refractivity contribution is -0.154. The monoisotopic (exact) mass is 1580 g/mol. The van der Waals surface area contributed by atoms with Gasteiger partial charge < -0.3 is 77.3 Å². The number of methoxy groups -OCH3 is 4. The molecule has 608 valence electrons. The molecule has 116 heavy (non-hydrogen) atoms. The van der Waals surface area contributed by atoms with Crippen molar-refractivity contribution < 1.29 is 116 Å². The molecule has 13 rings (SSSR count). The zero-order chi connectivity index (χ0) is 81.5. The summed E-state index contributed by atoms with van der Waals surface area (Å²) in [6, 6.07) is 37.3. The van der Waals surface area contributed by atoms with Gasteiger partial charge in [0, 0.05) is 92.4 Å². The molecule has 4 fully saturated rings. The SMILES string of the molecule is COc1cc(O)c2cc1C(c1ccc(C(=O)OCC(=O)OC3CCCCC3)cc1)c1cc(c(OC)cc1O)C(c1ccc(C(=O)OCC(=O)OC3CCCCC3)cc1)c1cc(c(OC)cc1O)C(c1ccc(C(=O)OCC(=O)OC3CCCCC3)cc1)c1cc(c(OC)cc1O)C2c1ccc(C(=O)OCC(=O)OC2CCCCC2)cc1. The largest absolute Gasteiger partial charge is 0.507 e. The fourth-order valence-electron chi connectivity index (χ4n) is 16.7. The molecule has 0 heterocycles. The van der Waals surface area contributed by atoms with Crippen LogP contribution in [0.25, 0.3) is 0 Å². The highest BCUT2D eigenvalue weighted by Crippen LogP contribution is 2.55. The van der Waals surface area contributed by atoms with Gasteiger partial charge in [0.05, 0.1) is 50.7 Å². The molecule has 0 aromatic heterocycles. The van der Waals surface area contributed by atoms with E-state index in [9.17, 15) is 58.8 Å². The van der Waals surface area contributed by atoms with Crippen LogP contribution in [0.4, 0.5) is 0 Å². The smallest absolute Gasteiger partial charge is 0.344 e. The zero-order valence-electron chi connectivity index (χ0n) is 65.4. The highest BCUT2D eigenvalue weighted by atomic mass is 16.6. The number of hydrogen-bond donors (Lipinski definition) is 4. The molecule has 8 bridgehead atoms. The lowest BCUT2D eigenvalue weighted by atomic mass is 9.75. The number of hydrogen-bond acceptors (Lipinski definition) is 24. The molecule has 24 nitrogen and oxygen atoms in total. The Balaban J connectivity index is 1.00. The second-order valence-corrected chi connectivity index (χ2v) is 30.1. The Morgan fingerprint density at radius 3 is 0.612 bits per heavy atom. The van der Waals surface area contributed by atoms with Gasteiger partial charge >= 0.3 is 47.8 Å². The van der Waals surface area contributed by atoms with E-state index >= 15 is 0 Å². The van der Waals surface area contributed by atoms with E-state index in [-0.39, 0.29) is 137 Å². The van der Waals surface area contributed by atoms with E-state index in [1.165, 1.54) is 101 Å². The Kier molecular flexibility index (Phi) is 26.8. The van der Waals surface area contributed by atoms with Crippen molar-refractivity contribution in [3.63, 3.8) is 0 Å². The second-order valence-electron chi connectivity index (χ2n) is 30.1. The van der Waals surface area contributed by atoms with Crippen LogP contribution in [0.1, 0.15) is 260 Å². The molecule has 5 aliphatic carbocycles. The Morgan fingerprint density at radius 2 is 0.440 bits per heavy atom. The van der Waals surface area contributed by atoms with Crippen LogP contribution in [0.2, 0.25) is 0 Å². The van der Waals surface area contributed by atoms with Gasteiger partial charge in [-0.25, -0.2) is 38.4 Å². The van der Waals surface area contributed by atoms with Crippen LogP contribution < -0.4 is 18.9 Å². The number of esters is 8. The Labute approximate surface area is 672 Å². The summed E-state index contributed by atoms with van der Waals surface area (Å²) in [6.45, 7) is -2.57. The van der Waals surface area contributed by atoms with Crippen molar-refractivity contribution in [3.8, 4) is 46.0 Å². The lowest BCUT2D eigenvalue weighted by Crippen LogP contribution is -2.24. The number of phenols is 4. The topological polar surface area (TPSA) is 328 Å². The Morgan fingerprint density at radius 1 is 0.259 bits per heavy atom. The first-order valence-electron chi connectivity index (χ1n) is 39.8. The molecule has 4 atom stereocenters.